The minimum atomic E-state index is -0.175. The number of carbonyl (C=O) groups is 2. The lowest BCUT2D eigenvalue weighted by molar-refractivity contribution is -0.135. The van der Waals surface area contributed by atoms with Crippen LogP contribution in [0.15, 0.2) is 54.7 Å². The third-order valence-electron chi connectivity index (χ3n) is 6.91. The van der Waals surface area contributed by atoms with E-state index in [-0.39, 0.29) is 17.2 Å². The largest absolute Gasteiger partial charge is 0.356 e. The van der Waals surface area contributed by atoms with Crippen molar-refractivity contribution >= 4 is 17.6 Å². The summed E-state index contributed by atoms with van der Waals surface area (Å²) in [6, 6.07) is 16.1. The van der Waals surface area contributed by atoms with Crippen molar-refractivity contribution in [1.82, 2.24) is 15.2 Å². The molecular formula is C26H34N4O2. The van der Waals surface area contributed by atoms with Crippen molar-refractivity contribution in [2.24, 2.45) is 5.41 Å². The number of pyridine rings is 1. The Morgan fingerprint density at radius 3 is 2.31 bits per heavy atom. The Balaban J connectivity index is 1.26. The van der Waals surface area contributed by atoms with Crippen LogP contribution in [0.4, 0.5) is 5.82 Å². The second-order valence-electron chi connectivity index (χ2n) is 9.20. The third-order valence-corrected chi connectivity index (χ3v) is 6.91. The number of nitrogens with zero attached hydrogens (tertiary/aromatic N) is 3. The Morgan fingerprint density at radius 2 is 1.62 bits per heavy atom. The van der Waals surface area contributed by atoms with Crippen LogP contribution in [0.25, 0.3) is 0 Å². The van der Waals surface area contributed by atoms with Crippen LogP contribution in [0, 0.1) is 5.41 Å². The smallest absolute Gasteiger partial charge is 0.223 e. The van der Waals surface area contributed by atoms with E-state index in [2.05, 4.69) is 27.3 Å². The molecule has 0 spiro atoms. The molecule has 32 heavy (non-hydrogen) atoms. The minimum Gasteiger partial charge on any atom is -0.356 e. The summed E-state index contributed by atoms with van der Waals surface area (Å²) in [6.07, 6.45) is 7.75. The summed E-state index contributed by atoms with van der Waals surface area (Å²) in [7, 11) is 0. The Morgan fingerprint density at radius 1 is 0.906 bits per heavy atom. The first kappa shape index (κ1) is 22.3. The lowest BCUT2D eigenvalue weighted by Crippen LogP contribution is -2.50. The van der Waals surface area contributed by atoms with Crippen LogP contribution >= 0.6 is 0 Å². The SMILES string of the molecule is O=C(CC1(CC(=O)N2CCN(c3ccccn3)CC2)CCCC1)NCCc1ccccc1. The van der Waals surface area contributed by atoms with Crippen molar-refractivity contribution < 1.29 is 9.59 Å². The van der Waals surface area contributed by atoms with Crippen molar-refractivity contribution in [3.05, 3.63) is 60.3 Å². The quantitative estimate of drug-likeness (QED) is 0.691. The number of aromatic nitrogens is 1. The summed E-state index contributed by atoms with van der Waals surface area (Å²) in [5.74, 6) is 1.25. The Hall–Kier alpha value is -2.89. The molecule has 4 rings (SSSR count). The van der Waals surface area contributed by atoms with Gasteiger partial charge in [0.1, 0.15) is 5.82 Å². The van der Waals surface area contributed by atoms with E-state index < -0.39 is 0 Å². The van der Waals surface area contributed by atoms with E-state index >= 15 is 0 Å². The molecule has 1 saturated heterocycles. The van der Waals surface area contributed by atoms with Gasteiger partial charge in [-0.2, -0.15) is 0 Å². The highest BCUT2D eigenvalue weighted by Gasteiger charge is 2.39. The van der Waals surface area contributed by atoms with Gasteiger partial charge in [0.05, 0.1) is 0 Å². The first-order chi connectivity index (χ1) is 15.6. The molecule has 1 N–H and O–H groups in total. The molecule has 0 bridgehead atoms. The van der Waals surface area contributed by atoms with Crippen LogP contribution in [0.2, 0.25) is 0 Å². The molecule has 6 nitrogen and oxygen atoms in total. The van der Waals surface area contributed by atoms with E-state index in [4.69, 9.17) is 0 Å². The fourth-order valence-electron chi connectivity index (χ4n) is 5.09. The van der Waals surface area contributed by atoms with Gasteiger partial charge in [0.2, 0.25) is 11.8 Å². The molecule has 0 atom stereocenters. The molecule has 1 aliphatic heterocycles. The number of rotatable bonds is 8. The summed E-state index contributed by atoms with van der Waals surface area (Å²) in [5, 5.41) is 3.08. The zero-order valence-electron chi connectivity index (χ0n) is 18.8. The molecule has 2 aliphatic rings. The molecule has 2 heterocycles. The molecule has 1 aromatic heterocycles. The standard InChI is InChI=1S/C26H34N4O2/c31-24(28-15-11-22-8-2-1-3-9-22)20-26(12-5-6-13-26)21-25(32)30-18-16-29(17-19-30)23-10-4-7-14-27-23/h1-4,7-10,14H,5-6,11-13,15-21H2,(H,28,31). The van der Waals surface area contributed by atoms with Crippen LogP contribution in [0.1, 0.15) is 44.1 Å². The maximum atomic E-state index is 13.1. The van der Waals surface area contributed by atoms with Gasteiger partial charge in [-0.15, -0.1) is 0 Å². The van der Waals surface area contributed by atoms with Crippen molar-refractivity contribution in [2.75, 3.05) is 37.6 Å². The summed E-state index contributed by atoms with van der Waals surface area (Å²) < 4.78 is 0. The maximum Gasteiger partial charge on any atom is 0.223 e. The van der Waals surface area contributed by atoms with Crippen LogP contribution in [0.5, 0.6) is 0 Å². The molecule has 6 heteroatoms. The number of hydrogen-bond acceptors (Lipinski definition) is 4. The van der Waals surface area contributed by atoms with Gasteiger partial charge in [-0.3, -0.25) is 9.59 Å². The van der Waals surface area contributed by atoms with E-state index in [1.165, 1.54) is 5.56 Å². The molecule has 1 aromatic carbocycles. The second-order valence-corrected chi connectivity index (χ2v) is 9.20. The second kappa shape index (κ2) is 10.6. The van der Waals surface area contributed by atoms with Gasteiger partial charge in [-0.1, -0.05) is 49.2 Å². The van der Waals surface area contributed by atoms with Gasteiger partial charge in [0.25, 0.3) is 0 Å². The summed E-state index contributed by atoms with van der Waals surface area (Å²) in [5.41, 5.74) is 1.05. The lowest BCUT2D eigenvalue weighted by atomic mass is 9.78. The van der Waals surface area contributed by atoms with E-state index in [1.807, 2.05) is 47.5 Å². The number of nitrogens with one attached hydrogen (secondary N) is 1. The van der Waals surface area contributed by atoms with Gasteiger partial charge in [0, 0.05) is 51.8 Å². The third kappa shape index (κ3) is 5.87. The number of anilines is 1. The molecule has 0 radical (unpaired) electrons. The highest BCUT2D eigenvalue weighted by atomic mass is 16.2. The molecule has 2 fully saturated rings. The number of amides is 2. The number of piperazine rings is 1. The molecular weight excluding hydrogens is 400 g/mol. The summed E-state index contributed by atoms with van der Waals surface area (Å²) in [4.78, 5) is 34.5. The predicted octanol–water partition coefficient (Wildman–Crippen LogP) is 3.43. The molecule has 1 saturated carbocycles. The van der Waals surface area contributed by atoms with Gasteiger partial charge in [-0.25, -0.2) is 4.98 Å². The molecule has 170 valence electrons. The summed E-state index contributed by atoms with van der Waals surface area (Å²) in [6.45, 7) is 3.68. The fourth-order valence-corrected chi connectivity index (χ4v) is 5.09. The van der Waals surface area contributed by atoms with E-state index in [0.29, 0.717) is 19.4 Å². The van der Waals surface area contributed by atoms with Crippen LogP contribution < -0.4 is 10.2 Å². The predicted molar refractivity (Wildman–Crippen MR) is 126 cm³/mol. The number of hydrogen-bond donors (Lipinski definition) is 1. The van der Waals surface area contributed by atoms with E-state index in [9.17, 15) is 9.59 Å². The van der Waals surface area contributed by atoms with Crippen molar-refractivity contribution in [3.8, 4) is 0 Å². The van der Waals surface area contributed by atoms with Crippen molar-refractivity contribution in [2.45, 2.75) is 44.9 Å². The highest BCUT2D eigenvalue weighted by Crippen LogP contribution is 2.44. The number of benzene rings is 1. The van der Waals surface area contributed by atoms with Gasteiger partial charge < -0.3 is 15.1 Å². The number of carbonyl (C=O) groups excluding carboxylic acids is 2. The zero-order chi connectivity index (χ0) is 22.2. The molecule has 2 amide bonds. The average molecular weight is 435 g/mol. The maximum absolute atomic E-state index is 13.1. The van der Waals surface area contributed by atoms with Crippen LogP contribution in [-0.4, -0.2) is 54.4 Å². The van der Waals surface area contributed by atoms with Gasteiger partial charge >= 0.3 is 0 Å². The monoisotopic (exact) mass is 434 g/mol. The summed E-state index contributed by atoms with van der Waals surface area (Å²) >= 11 is 0. The van der Waals surface area contributed by atoms with Crippen LogP contribution in [0.3, 0.4) is 0 Å². The minimum absolute atomic E-state index is 0.0793. The topological polar surface area (TPSA) is 65.5 Å². The first-order valence-corrected chi connectivity index (χ1v) is 11.9. The van der Waals surface area contributed by atoms with Gasteiger partial charge in [0.15, 0.2) is 0 Å². The Kier molecular flexibility index (Phi) is 7.40. The first-order valence-electron chi connectivity index (χ1n) is 11.9. The molecule has 2 aromatic rings. The lowest BCUT2D eigenvalue weighted by Gasteiger charge is -2.37. The van der Waals surface area contributed by atoms with E-state index in [1.54, 1.807) is 0 Å². The fraction of sp³-hybridized carbons (Fsp3) is 0.500. The van der Waals surface area contributed by atoms with Gasteiger partial charge in [-0.05, 0) is 42.4 Å². The average Bonchev–Trinajstić information content (AvgIpc) is 3.28. The van der Waals surface area contributed by atoms with Crippen molar-refractivity contribution in [1.29, 1.82) is 0 Å². The normalized spacial score (nSPS) is 17.9. The highest BCUT2D eigenvalue weighted by molar-refractivity contribution is 5.80. The Labute approximate surface area is 191 Å². The zero-order valence-corrected chi connectivity index (χ0v) is 18.8. The van der Waals surface area contributed by atoms with Crippen molar-refractivity contribution in [3.63, 3.8) is 0 Å². The van der Waals surface area contributed by atoms with E-state index in [0.717, 1.165) is 64.1 Å². The van der Waals surface area contributed by atoms with Crippen LogP contribution in [-0.2, 0) is 16.0 Å². The molecule has 1 aliphatic carbocycles. The Bertz CT molecular complexity index is 873. The molecule has 0 unspecified atom stereocenters.